The number of aliphatic hydroxyl groups is 1. The van der Waals surface area contributed by atoms with Crippen molar-refractivity contribution >= 4 is 42.8 Å². The van der Waals surface area contributed by atoms with Crippen molar-refractivity contribution < 1.29 is 37.3 Å². The Morgan fingerprint density at radius 2 is 1.81 bits per heavy atom. The second-order valence-corrected chi connectivity index (χ2v) is 18.6. The minimum absolute atomic E-state index is 0.0443. The van der Waals surface area contributed by atoms with Crippen LogP contribution in [-0.2, 0) is 30.7 Å². The number of alkyl carbamates (subject to hydrolysis) is 1. The highest BCUT2D eigenvalue weighted by Gasteiger charge is 2.55. The highest BCUT2D eigenvalue weighted by Crippen LogP contribution is 2.41. The minimum Gasteiger partial charge on any atom is -0.497 e. The number of methoxy groups -OCH3 is 1. The summed E-state index contributed by atoms with van der Waals surface area (Å²) in [6.07, 6.45) is -1.52. The Balaban J connectivity index is 1.38. The summed E-state index contributed by atoms with van der Waals surface area (Å²) in [6.45, 7) is 15.8. The van der Waals surface area contributed by atoms with Crippen LogP contribution < -0.4 is 20.7 Å². The van der Waals surface area contributed by atoms with Gasteiger partial charge in [-0.1, -0.05) is 58.1 Å². The number of carbonyl (C=O) groups is 1. The molecule has 3 aromatic rings. The van der Waals surface area contributed by atoms with Gasteiger partial charge in [-0.25, -0.2) is 18.2 Å². The molecule has 54 heavy (non-hydrogen) atoms. The first-order valence-electron chi connectivity index (χ1n) is 19.1. The van der Waals surface area contributed by atoms with Crippen molar-refractivity contribution in [3.05, 3.63) is 48.0 Å². The summed E-state index contributed by atoms with van der Waals surface area (Å²) in [4.78, 5) is 18.5. The van der Waals surface area contributed by atoms with Gasteiger partial charge in [0, 0.05) is 25.6 Å². The van der Waals surface area contributed by atoms with Crippen LogP contribution in [0.15, 0.2) is 47.4 Å². The molecule has 15 heteroatoms. The van der Waals surface area contributed by atoms with Gasteiger partial charge in [-0.2, -0.15) is 4.31 Å². The molecule has 2 saturated heterocycles. The van der Waals surface area contributed by atoms with E-state index in [0.29, 0.717) is 42.0 Å². The van der Waals surface area contributed by atoms with E-state index in [0.717, 1.165) is 23.2 Å². The van der Waals surface area contributed by atoms with Crippen LogP contribution in [0.2, 0.25) is 0 Å². The second-order valence-electron chi connectivity index (χ2n) is 15.6. The average Bonchev–Trinajstić information content (AvgIpc) is 3.71. The Labute approximate surface area is 324 Å². The van der Waals surface area contributed by atoms with Gasteiger partial charge in [0.15, 0.2) is 11.4 Å². The zero-order valence-electron chi connectivity index (χ0n) is 32.8. The molecule has 0 spiro atoms. The van der Waals surface area contributed by atoms with Gasteiger partial charge in [-0.3, -0.25) is 0 Å². The smallest absolute Gasteiger partial charge is 0.407 e. The molecule has 4 N–H and O–H groups in total. The number of anilines is 1. The number of hydrogen-bond acceptors (Lipinski definition) is 12. The van der Waals surface area contributed by atoms with Gasteiger partial charge in [0.1, 0.15) is 11.9 Å². The molecule has 0 aliphatic carbocycles. The summed E-state index contributed by atoms with van der Waals surface area (Å²) in [7, 11) is -2.48. The highest BCUT2D eigenvalue weighted by molar-refractivity contribution is 7.89. The van der Waals surface area contributed by atoms with Crippen molar-refractivity contribution in [3.8, 4) is 5.75 Å². The van der Waals surface area contributed by atoms with Crippen molar-refractivity contribution in [2.75, 3.05) is 45.3 Å². The number of aliphatic hydroxyl groups excluding tert-OH is 1. The minimum atomic E-state index is -4.06. The fourth-order valence-electron chi connectivity index (χ4n) is 7.18. The van der Waals surface area contributed by atoms with E-state index in [1.807, 2.05) is 39.8 Å². The summed E-state index contributed by atoms with van der Waals surface area (Å²) < 4.78 is 54.2. The van der Waals surface area contributed by atoms with Crippen LogP contribution >= 0.6 is 11.3 Å². The van der Waals surface area contributed by atoms with Crippen LogP contribution in [-0.4, -0.2) is 105 Å². The first-order chi connectivity index (χ1) is 25.6. The molecule has 0 radical (unpaired) electrons. The summed E-state index contributed by atoms with van der Waals surface area (Å²) >= 11 is 1.39. The third-order valence-electron chi connectivity index (χ3n) is 10.0. The molecule has 5 rings (SSSR count). The summed E-state index contributed by atoms with van der Waals surface area (Å²) in [5.74, 6) is 0.804. The molecule has 2 aliphatic rings. The van der Waals surface area contributed by atoms with Gasteiger partial charge in [0.2, 0.25) is 10.0 Å². The Morgan fingerprint density at radius 3 is 2.46 bits per heavy atom. The average molecular weight is 790 g/mol. The number of ether oxygens (including phenoxy) is 4. The number of aromatic nitrogens is 1. The molecule has 300 valence electrons. The number of nitrogens with zero attached hydrogens (tertiary/aromatic N) is 2. The second kappa shape index (κ2) is 18.3. The maximum absolute atomic E-state index is 14.3. The van der Waals surface area contributed by atoms with Crippen molar-refractivity contribution in [2.45, 2.75) is 109 Å². The van der Waals surface area contributed by atoms with Gasteiger partial charge in [0.25, 0.3) is 0 Å². The molecular formula is C39H59N5O8S2. The molecule has 0 bridgehead atoms. The highest BCUT2D eigenvalue weighted by atomic mass is 32.2. The molecule has 0 saturated carbocycles. The molecule has 2 aliphatic heterocycles. The van der Waals surface area contributed by atoms with Crippen LogP contribution in [0, 0.1) is 17.8 Å². The van der Waals surface area contributed by atoms with E-state index in [4.69, 9.17) is 18.9 Å². The van der Waals surface area contributed by atoms with E-state index in [-0.39, 0.29) is 42.3 Å². The van der Waals surface area contributed by atoms with Crippen LogP contribution in [0.25, 0.3) is 10.2 Å². The molecule has 6 atom stereocenters. The molecule has 1 amide bonds. The van der Waals surface area contributed by atoms with Crippen LogP contribution in [0.1, 0.15) is 66.9 Å². The van der Waals surface area contributed by atoms with E-state index < -0.39 is 46.2 Å². The van der Waals surface area contributed by atoms with E-state index in [9.17, 15) is 18.3 Å². The molecule has 0 unspecified atom stereocenters. The third-order valence-corrected chi connectivity index (χ3v) is 12.8. The molecule has 1 aromatic heterocycles. The number of fused-ring (bicyclic) bond motifs is 2. The summed E-state index contributed by atoms with van der Waals surface area (Å²) in [6, 6.07) is 11.5. The Hall–Kier alpha value is -3.05. The summed E-state index contributed by atoms with van der Waals surface area (Å²) in [5, 5.41) is 22.5. The number of hydrogen-bond donors (Lipinski definition) is 4. The van der Waals surface area contributed by atoms with Gasteiger partial charge in [-0.15, -0.1) is 0 Å². The van der Waals surface area contributed by atoms with Crippen molar-refractivity contribution in [2.24, 2.45) is 17.8 Å². The zero-order chi connectivity index (χ0) is 39.2. The molecule has 2 fully saturated rings. The van der Waals surface area contributed by atoms with Gasteiger partial charge >= 0.3 is 6.09 Å². The number of thiazole rings is 1. The van der Waals surface area contributed by atoms with E-state index in [1.54, 1.807) is 37.4 Å². The Morgan fingerprint density at radius 1 is 1.07 bits per heavy atom. The molecule has 13 nitrogen and oxygen atoms in total. The number of benzene rings is 2. The third kappa shape index (κ3) is 10.2. The number of nitrogens with one attached hydrogen (secondary N) is 3. The number of carbonyl (C=O) groups excluding carboxylic acids is 1. The summed E-state index contributed by atoms with van der Waals surface area (Å²) in [5.41, 5.74) is 1.09. The maximum atomic E-state index is 14.3. The van der Waals surface area contributed by atoms with Gasteiger partial charge in [-0.05, 0) is 81.0 Å². The van der Waals surface area contributed by atoms with Crippen molar-refractivity contribution in [1.82, 2.24) is 19.9 Å². The van der Waals surface area contributed by atoms with E-state index >= 15 is 0 Å². The lowest BCUT2D eigenvalue weighted by Crippen LogP contribution is -2.59. The predicted molar refractivity (Wildman–Crippen MR) is 212 cm³/mol. The lowest BCUT2D eigenvalue weighted by molar-refractivity contribution is -0.183. The van der Waals surface area contributed by atoms with Crippen LogP contribution in [0.3, 0.4) is 0 Å². The van der Waals surface area contributed by atoms with Gasteiger partial charge in [0.05, 0.1) is 59.0 Å². The van der Waals surface area contributed by atoms with Crippen LogP contribution in [0.4, 0.5) is 9.93 Å². The fourth-order valence-corrected chi connectivity index (χ4v) is 9.96. The predicted octanol–water partition coefficient (Wildman–Crippen LogP) is 5.63. The maximum Gasteiger partial charge on any atom is 0.407 e. The fraction of sp³-hybridized carbons (Fsp3) is 0.641. The van der Waals surface area contributed by atoms with E-state index in [2.05, 4.69) is 41.7 Å². The van der Waals surface area contributed by atoms with Crippen molar-refractivity contribution in [1.29, 1.82) is 0 Å². The Bertz CT molecular complexity index is 1790. The van der Waals surface area contributed by atoms with E-state index in [1.165, 1.54) is 15.6 Å². The number of amides is 1. The standard InChI is InChI=1S/C39H59N5O8S2/c1-9-39(40-20-24(2)3)23-51-36-35(39)33(16-17-50-36)52-38(46)43-31(18-27-10-12-28(49-8)13-11-27)32(45)22-44(21-25(4)5)54(47,48)29-14-15-30-34(19-29)53-37(42-30)41-26(6)7/h10-15,19,24-26,31-33,35-36,40,45H,9,16-18,20-23H2,1-8H3,(H,41,42)(H,43,46)/t31-,32+,33-,35-,36-,39-/m0/s1. The largest absolute Gasteiger partial charge is 0.497 e. The monoisotopic (exact) mass is 789 g/mol. The number of sulfonamides is 1. The molecular weight excluding hydrogens is 731 g/mol. The quantitative estimate of drug-likeness (QED) is 0.127. The van der Waals surface area contributed by atoms with Crippen molar-refractivity contribution in [3.63, 3.8) is 0 Å². The topological polar surface area (TPSA) is 161 Å². The molecule has 2 aromatic carbocycles. The lowest BCUT2D eigenvalue weighted by atomic mass is 9.78. The first-order valence-corrected chi connectivity index (χ1v) is 21.3. The normalized spacial score (nSPS) is 22.9. The van der Waals surface area contributed by atoms with Gasteiger partial charge < -0.3 is 40.0 Å². The molecule has 3 heterocycles. The SMILES string of the molecule is CC[C@]1(NCC(C)C)CO[C@@H]2OCC[C@H](OC(=O)N[C@@H](Cc3ccc(OC)cc3)[C@H](O)CN(CC(C)C)S(=O)(=O)c3ccc4nc(NC(C)C)sc4c3)[C@@H]21. The first kappa shape index (κ1) is 42.1. The Kier molecular flexibility index (Phi) is 14.2. The number of rotatable bonds is 18. The lowest BCUT2D eigenvalue weighted by Gasteiger charge is -2.42. The van der Waals surface area contributed by atoms with Crippen LogP contribution in [0.5, 0.6) is 5.75 Å². The zero-order valence-corrected chi connectivity index (χ0v) is 34.5.